The zero-order valence-corrected chi connectivity index (χ0v) is 13.5. The fourth-order valence-electron chi connectivity index (χ4n) is 3.26. The number of carbonyl (C=O) groups is 3. The van der Waals surface area contributed by atoms with Crippen LogP contribution in [-0.2, 0) is 14.4 Å². The van der Waals surface area contributed by atoms with Gasteiger partial charge in [-0.1, -0.05) is 38.3 Å². The molecule has 5 heteroatoms. The molecule has 0 radical (unpaired) electrons. The molecule has 5 nitrogen and oxygen atoms in total. The lowest BCUT2D eigenvalue weighted by Gasteiger charge is -2.18. The van der Waals surface area contributed by atoms with Crippen molar-refractivity contribution in [1.82, 2.24) is 10.2 Å². The third kappa shape index (κ3) is 3.76. The van der Waals surface area contributed by atoms with E-state index in [1.54, 1.807) is 0 Å². The second-order valence-electron chi connectivity index (χ2n) is 6.38. The predicted octanol–water partition coefficient (Wildman–Crippen LogP) is 2.02. The average molecular weight is 306 g/mol. The van der Waals surface area contributed by atoms with Gasteiger partial charge in [0, 0.05) is 6.04 Å². The van der Waals surface area contributed by atoms with Gasteiger partial charge in [0.15, 0.2) is 0 Å². The quantitative estimate of drug-likeness (QED) is 0.444. The van der Waals surface area contributed by atoms with Crippen LogP contribution in [-0.4, -0.2) is 35.2 Å². The van der Waals surface area contributed by atoms with E-state index in [1.807, 2.05) is 19.1 Å². The lowest BCUT2D eigenvalue weighted by Crippen LogP contribution is -2.43. The van der Waals surface area contributed by atoms with Gasteiger partial charge in [0.2, 0.25) is 17.7 Å². The molecule has 2 rings (SSSR count). The molecule has 1 N–H and O–H groups in total. The molecule has 1 heterocycles. The number of hydrogen-bond acceptors (Lipinski definition) is 3. The second kappa shape index (κ2) is 7.56. The predicted molar refractivity (Wildman–Crippen MR) is 83.8 cm³/mol. The zero-order chi connectivity index (χ0) is 16.1. The van der Waals surface area contributed by atoms with Gasteiger partial charge in [-0.15, -0.1) is 0 Å². The molecule has 0 aromatic carbocycles. The smallest absolute Gasteiger partial charge is 0.240 e. The van der Waals surface area contributed by atoms with Gasteiger partial charge in [-0.25, -0.2) is 0 Å². The molecular weight excluding hydrogens is 280 g/mol. The van der Waals surface area contributed by atoms with E-state index < -0.39 is 0 Å². The number of amides is 3. The Kier molecular flexibility index (Phi) is 5.75. The summed E-state index contributed by atoms with van der Waals surface area (Å²) in [5.41, 5.74) is 0. The summed E-state index contributed by atoms with van der Waals surface area (Å²) in [7, 11) is 0. The Morgan fingerprint density at radius 2 is 1.82 bits per heavy atom. The maximum absolute atomic E-state index is 12.3. The number of unbranched alkanes of at least 4 members (excludes halogenated alkanes) is 2. The summed E-state index contributed by atoms with van der Waals surface area (Å²) < 4.78 is 0. The summed E-state index contributed by atoms with van der Waals surface area (Å²) >= 11 is 0. The van der Waals surface area contributed by atoms with Crippen LogP contribution in [0.1, 0.15) is 52.4 Å². The van der Waals surface area contributed by atoms with Crippen LogP contribution in [0.3, 0.4) is 0 Å². The van der Waals surface area contributed by atoms with Crippen molar-refractivity contribution in [1.29, 1.82) is 0 Å². The van der Waals surface area contributed by atoms with Gasteiger partial charge in [0.1, 0.15) is 6.54 Å². The largest absolute Gasteiger partial charge is 0.352 e. The summed E-state index contributed by atoms with van der Waals surface area (Å²) in [6, 6.07) is 0.0794. The molecule has 0 unspecified atom stereocenters. The molecule has 1 saturated heterocycles. The van der Waals surface area contributed by atoms with Crippen molar-refractivity contribution in [2.75, 3.05) is 6.54 Å². The molecule has 122 valence electrons. The first-order valence-corrected chi connectivity index (χ1v) is 8.34. The summed E-state index contributed by atoms with van der Waals surface area (Å²) in [4.78, 5) is 37.8. The number of nitrogens with zero attached hydrogens (tertiary/aromatic N) is 1. The minimum Gasteiger partial charge on any atom is -0.352 e. The zero-order valence-electron chi connectivity index (χ0n) is 13.5. The first-order chi connectivity index (χ1) is 10.5. The van der Waals surface area contributed by atoms with E-state index in [9.17, 15) is 14.4 Å². The van der Waals surface area contributed by atoms with Crippen LogP contribution >= 0.6 is 0 Å². The Hall–Kier alpha value is -1.65. The number of likely N-dealkylation sites (tertiary alicyclic amines) is 1. The lowest BCUT2D eigenvalue weighted by molar-refractivity contribution is -0.143. The second-order valence-corrected chi connectivity index (χ2v) is 6.38. The Labute approximate surface area is 132 Å². The SMILES string of the molecule is CCCCC[C@H](C)NC(=O)CN1C(=O)[C@H]2CC=CC[C@H]2C1=O. The minimum absolute atomic E-state index is 0.0794. The van der Waals surface area contributed by atoms with Gasteiger partial charge < -0.3 is 5.32 Å². The van der Waals surface area contributed by atoms with E-state index in [0.29, 0.717) is 12.8 Å². The van der Waals surface area contributed by atoms with E-state index in [1.165, 1.54) is 0 Å². The molecule has 3 amide bonds. The average Bonchev–Trinajstić information content (AvgIpc) is 2.73. The van der Waals surface area contributed by atoms with Crippen molar-refractivity contribution in [2.45, 2.75) is 58.4 Å². The van der Waals surface area contributed by atoms with Crippen molar-refractivity contribution in [3.05, 3.63) is 12.2 Å². The standard InChI is InChI=1S/C17H26N2O3/c1-3-4-5-8-12(2)18-15(20)11-19-16(21)13-9-6-7-10-14(13)17(19)22/h6-7,12-14H,3-5,8-11H2,1-2H3,(H,18,20)/t12-,13-,14+/m0/s1. The van der Waals surface area contributed by atoms with Gasteiger partial charge >= 0.3 is 0 Å². The number of rotatable bonds is 7. The number of nitrogens with one attached hydrogen (secondary N) is 1. The van der Waals surface area contributed by atoms with Crippen LogP contribution in [0.5, 0.6) is 0 Å². The Balaban J connectivity index is 1.84. The van der Waals surface area contributed by atoms with Gasteiger partial charge in [-0.05, 0) is 26.2 Å². The highest BCUT2D eigenvalue weighted by Crippen LogP contribution is 2.34. The maximum atomic E-state index is 12.3. The van der Waals surface area contributed by atoms with Crippen LogP contribution in [0, 0.1) is 11.8 Å². The highest BCUT2D eigenvalue weighted by Gasteiger charge is 2.47. The highest BCUT2D eigenvalue weighted by atomic mass is 16.2. The lowest BCUT2D eigenvalue weighted by atomic mass is 9.85. The minimum atomic E-state index is -0.257. The molecule has 0 spiro atoms. The van der Waals surface area contributed by atoms with E-state index >= 15 is 0 Å². The van der Waals surface area contributed by atoms with E-state index in [0.717, 1.165) is 30.6 Å². The maximum Gasteiger partial charge on any atom is 0.240 e. The van der Waals surface area contributed by atoms with Crippen LogP contribution in [0.25, 0.3) is 0 Å². The van der Waals surface area contributed by atoms with Gasteiger partial charge in [-0.3, -0.25) is 19.3 Å². The molecular formula is C17H26N2O3. The molecule has 1 fully saturated rings. The third-order valence-corrected chi connectivity index (χ3v) is 4.55. The molecule has 2 aliphatic rings. The van der Waals surface area contributed by atoms with E-state index in [2.05, 4.69) is 12.2 Å². The number of imide groups is 1. The molecule has 22 heavy (non-hydrogen) atoms. The summed E-state index contributed by atoms with van der Waals surface area (Å²) in [5, 5.41) is 2.89. The molecule has 3 atom stereocenters. The van der Waals surface area contributed by atoms with Crippen molar-refractivity contribution in [2.24, 2.45) is 11.8 Å². The molecule has 0 saturated carbocycles. The fourth-order valence-corrected chi connectivity index (χ4v) is 3.26. The van der Waals surface area contributed by atoms with Crippen molar-refractivity contribution >= 4 is 17.7 Å². The summed E-state index contributed by atoms with van der Waals surface area (Å²) in [5.74, 6) is -1.13. The Morgan fingerprint density at radius 3 is 2.36 bits per heavy atom. The number of fused-ring (bicyclic) bond motifs is 1. The number of hydrogen-bond donors (Lipinski definition) is 1. The van der Waals surface area contributed by atoms with E-state index in [-0.39, 0.29) is 42.1 Å². The van der Waals surface area contributed by atoms with Gasteiger partial charge in [0.25, 0.3) is 0 Å². The van der Waals surface area contributed by atoms with Crippen LogP contribution in [0.4, 0.5) is 0 Å². The van der Waals surface area contributed by atoms with Crippen molar-refractivity contribution in [3.8, 4) is 0 Å². The number of carbonyl (C=O) groups excluding carboxylic acids is 3. The Morgan fingerprint density at radius 1 is 1.23 bits per heavy atom. The summed E-state index contributed by atoms with van der Waals surface area (Å²) in [6.45, 7) is 3.97. The van der Waals surface area contributed by atoms with Crippen molar-refractivity contribution in [3.63, 3.8) is 0 Å². The first kappa shape index (κ1) is 16.7. The van der Waals surface area contributed by atoms with Crippen LogP contribution < -0.4 is 5.32 Å². The van der Waals surface area contributed by atoms with Crippen LogP contribution in [0.2, 0.25) is 0 Å². The topological polar surface area (TPSA) is 66.5 Å². The highest BCUT2D eigenvalue weighted by molar-refractivity contribution is 6.07. The summed E-state index contributed by atoms with van der Waals surface area (Å²) in [6.07, 6.45) is 9.43. The molecule has 1 aliphatic carbocycles. The molecule has 0 aromatic heterocycles. The van der Waals surface area contributed by atoms with E-state index in [4.69, 9.17) is 0 Å². The molecule has 0 bridgehead atoms. The van der Waals surface area contributed by atoms with Gasteiger partial charge in [-0.2, -0.15) is 0 Å². The first-order valence-electron chi connectivity index (χ1n) is 8.34. The fraction of sp³-hybridized carbons (Fsp3) is 0.706. The molecule has 0 aromatic rings. The van der Waals surface area contributed by atoms with Gasteiger partial charge in [0.05, 0.1) is 11.8 Å². The molecule has 1 aliphatic heterocycles. The monoisotopic (exact) mass is 306 g/mol. The number of allylic oxidation sites excluding steroid dienone is 2. The van der Waals surface area contributed by atoms with Crippen molar-refractivity contribution < 1.29 is 14.4 Å². The van der Waals surface area contributed by atoms with Crippen LogP contribution in [0.15, 0.2) is 12.2 Å². The third-order valence-electron chi connectivity index (χ3n) is 4.55. The normalized spacial score (nSPS) is 25.3. The Bertz CT molecular complexity index is 447.